The summed E-state index contributed by atoms with van der Waals surface area (Å²) in [6.45, 7) is 0. The SMILES string of the molecule is NNC1(Cl)NC=C(Cl)C(Cl)=C1Cl. The maximum absolute atomic E-state index is 5.85. The molecule has 0 fully saturated rings. The first kappa shape index (κ1) is 10.4. The van der Waals surface area contributed by atoms with Gasteiger partial charge in [-0.05, 0) is 0 Å². The summed E-state index contributed by atoms with van der Waals surface area (Å²) in [7, 11) is 0. The van der Waals surface area contributed by atoms with E-state index in [0.29, 0.717) is 0 Å². The number of rotatable bonds is 1. The van der Waals surface area contributed by atoms with E-state index in [9.17, 15) is 0 Å². The molecule has 0 saturated heterocycles. The molecule has 0 spiro atoms. The Labute approximate surface area is 89.4 Å². The third kappa shape index (κ3) is 1.66. The highest BCUT2D eigenvalue weighted by Gasteiger charge is 2.34. The Morgan fingerprint density at radius 3 is 2.50 bits per heavy atom. The average molecular weight is 249 g/mol. The third-order valence-corrected chi connectivity index (χ3v) is 3.16. The van der Waals surface area contributed by atoms with Gasteiger partial charge in [0, 0.05) is 6.20 Å². The number of nitrogens with two attached hydrogens (primary N) is 1. The second-order valence-corrected chi connectivity index (χ2v) is 3.80. The van der Waals surface area contributed by atoms with Crippen LogP contribution in [0.3, 0.4) is 0 Å². The fourth-order valence-electron chi connectivity index (χ4n) is 0.651. The summed E-state index contributed by atoms with van der Waals surface area (Å²) < 4.78 is 0. The summed E-state index contributed by atoms with van der Waals surface area (Å²) in [6, 6.07) is 0. The molecule has 1 rings (SSSR count). The monoisotopic (exact) mass is 247 g/mol. The van der Waals surface area contributed by atoms with Gasteiger partial charge in [0.05, 0.1) is 15.1 Å². The highest BCUT2D eigenvalue weighted by Crippen LogP contribution is 2.35. The van der Waals surface area contributed by atoms with Crippen LogP contribution in [-0.4, -0.2) is 5.12 Å². The molecule has 1 aliphatic rings. The summed E-state index contributed by atoms with van der Waals surface area (Å²) in [5.41, 5.74) is 2.26. The van der Waals surface area contributed by atoms with Crippen molar-refractivity contribution in [3.63, 3.8) is 0 Å². The van der Waals surface area contributed by atoms with Gasteiger partial charge in [-0.2, -0.15) is 0 Å². The molecule has 0 aromatic heterocycles. The van der Waals surface area contributed by atoms with E-state index in [4.69, 9.17) is 52.2 Å². The predicted octanol–water partition coefficient (Wildman–Crippen LogP) is 1.71. The van der Waals surface area contributed by atoms with Gasteiger partial charge in [0.15, 0.2) is 0 Å². The van der Waals surface area contributed by atoms with E-state index in [-0.39, 0.29) is 15.1 Å². The number of halogens is 4. The van der Waals surface area contributed by atoms with Crippen LogP contribution in [0.5, 0.6) is 0 Å². The lowest BCUT2D eigenvalue weighted by molar-refractivity contribution is 0.496. The molecule has 7 heteroatoms. The van der Waals surface area contributed by atoms with Crippen LogP contribution >= 0.6 is 46.4 Å². The number of allylic oxidation sites excluding steroid dienone is 2. The zero-order chi connectivity index (χ0) is 9.35. The second-order valence-electron chi connectivity index (χ2n) is 2.07. The standard InChI is InChI=1S/C5H5Cl4N3/c6-2-1-11-5(9,12-10)4(8)3(2)7/h1,11-12H,10H2. The van der Waals surface area contributed by atoms with Crippen LogP contribution in [-0.2, 0) is 0 Å². The van der Waals surface area contributed by atoms with Crippen molar-refractivity contribution in [1.29, 1.82) is 0 Å². The Balaban J connectivity index is 3.06. The number of alkyl halides is 1. The van der Waals surface area contributed by atoms with Crippen LogP contribution < -0.4 is 16.6 Å². The molecule has 0 bridgehead atoms. The van der Waals surface area contributed by atoms with Gasteiger partial charge in [-0.3, -0.25) is 5.84 Å². The van der Waals surface area contributed by atoms with Gasteiger partial charge in [-0.25, -0.2) is 5.43 Å². The Morgan fingerprint density at radius 2 is 2.00 bits per heavy atom. The molecule has 0 aliphatic carbocycles. The minimum absolute atomic E-state index is 0.112. The van der Waals surface area contributed by atoms with E-state index in [1.165, 1.54) is 6.20 Å². The van der Waals surface area contributed by atoms with Crippen molar-refractivity contribution in [1.82, 2.24) is 10.7 Å². The zero-order valence-electron chi connectivity index (χ0n) is 5.67. The third-order valence-electron chi connectivity index (χ3n) is 1.30. The molecule has 1 heterocycles. The maximum atomic E-state index is 5.85. The largest absolute Gasteiger partial charge is 0.354 e. The Bertz CT molecular complexity index is 261. The van der Waals surface area contributed by atoms with Crippen molar-refractivity contribution < 1.29 is 0 Å². The quantitative estimate of drug-likeness (QED) is 0.287. The number of hydrogen-bond donors (Lipinski definition) is 3. The van der Waals surface area contributed by atoms with Crippen LogP contribution in [0.1, 0.15) is 0 Å². The van der Waals surface area contributed by atoms with E-state index < -0.39 is 5.12 Å². The van der Waals surface area contributed by atoms with Crippen molar-refractivity contribution in [2.75, 3.05) is 0 Å². The molecule has 1 unspecified atom stereocenters. The molecule has 0 amide bonds. The maximum Gasteiger partial charge on any atom is 0.216 e. The van der Waals surface area contributed by atoms with Crippen LogP contribution in [0, 0.1) is 0 Å². The topological polar surface area (TPSA) is 50.1 Å². The summed E-state index contributed by atoms with van der Waals surface area (Å²) in [4.78, 5) is 0. The van der Waals surface area contributed by atoms with Gasteiger partial charge in [0.2, 0.25) is 5.12 Å². The Morgan fingerprint density at radius 1 is 1.42 bits per heavy atom. The smallest absolute Gasteiger partial charge is 0.216 e. The molecular weight excluding hydrogens is 244 g/mol. The lowest BCUT2D eigenvalue weighted by Gasteiger charge is -2.29. The molecular formula is C5H5Cl4N3. The van der Waals surface area contributed by atoms with Crippen molar-refractivity contribution >= 4 is 46.4 Å². The van der Waals surface area contributed by atoms with Crippen molar-refractivity contribution in [2.45, 2.75) is 5.12 Å². The number of hydrogen-bond acceptors (Lipinski definition) is 3. The molecule has 68 valence electrons. The second kappa shape index (κ2) is 3.62. The molecule has 1 atom stereocenters. The van der Waals surface area contributed by atoms with Gasteiger partial charge in [0.25, 0.3) is 0 Å². The van der Waals surface area contributed by atoms with Gasteiger partial charge in [-0.15, -0.1) is 0 Å². The van der Waals surface area contributed by atoms with Gasteiger partial charge >= 0.3 is 0 Å². The summed E-state index contributed by atoms with van der Waals surface area (Å²) in [5.74, 6) is 5.14. The molecule has 0 aromatic rings. The van der Waals surface area contributed by atoms with E-state index in [1.54, 1.807) is 0 Å². The summed E-state index contributed by atoms with van der Waals surface area (Å²) in [5, 5.41) is 1.94. The minimum atomic E-state index is -1.27. The van der Waals surface area contributed by atoms with Crippen molar-refractivity contribution in [3.8, 4) is 0 Å². The molecule has 0 radical (unpaired) electrons. The highest BCUT2D eigenvalue weighted by molar-refractivity contribution is 6.50. The fraction of sp³-hybridized carbons (Fsp3) is 0.200. The fourth-order valence-corrected chi connectivity index (χ4v) is 1.45. The Kier molecular flexibility index (Phi) is 3.15. The van der Waals surface area contributed by atoms with Crippen LogP contribution in [0.25, 0.3) is 0 Å². The Hall–Kier alpha value is 0.360. The number of dihydropyridines is 1. The van der Waals surface area contributed by atoms with Crippen LogP contribution in [0.2, 0.25) is 0 Å². The summed E-state index contributed by atoms with van der Waals surface area (Å²) >= 11 is 23.0. The molecule has 1 aliphatic heterocycles. The highest BCUT2D eigenvalue weighted by atomic mass is 35.5. The predicted molar refractivity (Wildman–Crippen MR) is 51.7 cm³/mol. The molecule has 0 aromatic carbocycles. The normalized spacial score (nSPS) is 29.9. The first-order valence-electron chi connectivity index (χ1n) is 2.87. The molecule has 4 N–H and O–H groups in total. The molecule has 12 heavy (non-hydrogen) atoms. The first-order chi connectivity index (χ1) is 5.51. The van der Waals surface area contributed by atoms with E-state index in [1.807, 2.05) is 0 Å². The van der Waals surface area contributed by atoms with Gasteiger partial charge < -0.3 is 5.32 Å². The van der Waals surface area contributed by atoms with Crippen LogP contribution in [0.15, 0.2) is 21.3 Å². The lowest BCUT2D eigenvalue weighted by atomic mass is 10.3. The average Bonchev–Trinajstić information content (AvgIpc) is 2.09. The molecule has 3 nitrogen and oxygen atoms in total. The number of hydrazine groups is 1. The minimum Gasteiger partial charge on any atom is -0.354 e. The van der Waals surface area contributed by atoms with Crippen molar-refractivity contribution in [3.05, 3.63) is 21.3 Å². The van der Waals surface area contributed by atoms with Crippen LogP contribution in [0.4, 0.5) is 0 Å². The summed E-state index contributed by atoms with van der Waals surface area (Å²) in [6.07, 6.45) is 1.41. The molecule has 0 saturated carbocycles. The van der Waals surface area contributed by atoms with E-state index >= 15 is 0 Å². The van der Waals surface area contributed by atoms with Gasteiger partial charge in [-0.1, -0.05) is 46.4 Å². The van der Waals surface area contributed by atoms with Crippen molar-refractivity contribution in [2.24, 2.45) is 5.84 Å². The first-order valence-corrected chi connectivity index (χ1v) is 4.38. The van der Waals surface area contributed by atoms with E-state index in [2.05, 4.69) is 10.7 Å². The van der Waals surface area contributed by atoms with Gasteiger partial charge in [0.1, 0.15) is 0 Å². The van der Waals surface area contributed by atoms with E-state index in [0.717, 1.165) is 0 Å². The number of nitrogens with one attached hydrogen (secondary N) is 2. The lowest BCUT2D eigenvalue weighted by Crippen LogP contribution is -2.55. The zero-order valence-corrected chi connectivity index (χ0v) is 8.69.